The van der Waals surface area contributed by atoms with Crippen molar-refractivity contribution in [3.8, 4) is 0 Å². The maximum atomic E-state index is 5.02. The Labute approximate surface area is 104 Å². The van der Waals surface area contributed by atoms with Crippen molar-refractivity contribution in [2.24, 2.45) is 0 Å². The largest absolute Gasteiger partial charge is 0.384 e. The van der Waals surface area contributed by atoms with Crippen LogP contribution in [0.15, 0.2) is 6.20 Å². The van der Waals surface area contributed by atoms with Gasteiger partial charge in [0.25, 0.3) is 0 Å². The van der Waals surface area contributed by atoms with E-state index in [1.54, 1.807) is 7.11 Å². The summed E-state index contributed by atoms with van der Waals surface area (Å²) in [6.45, 7) is 8.04. The molecule has 0 aromatic carbocycles. The van der Waals surface area contributed by atoms with E-state index < -0.39 is 0 Å². The Morgan fingerprint density at radius 1 is 1.47 bits per heavy atom. The first-order valence-electron chi connectivity index (χ1n) is 6.23. The van der Waals surface area contributed by atoms with Gasteiger partial charge in [-0.1, -0.05) is 6.92 Å². The summed E-state index contributed by atoms with van der Waals surface area (Å²) in [4.78, 5) is 8.88. The second kappa shape index (κ2) is 7.35. The lowest BCUT2D eigenvalue weighted by Crippen LogP contribution is -2.21. The van der Waals surface area contributed by atoms with Crippen LogP contribution in [0.1, 0.15) is 43.4 Å². The highest BCUT2D eigenvalue weighted by molar-refractivity contribution is 5.19. The molecule has 4 nitrogen and oxygen atoms in total. The molecule has 0 aliphatic rings. The van der Waals surface area contributed by atoms with Crippen LogP contribution in [-0.4, -0.2) is 30.2 Å². The zero-order chi connectivity index (χ0) is 12.7. The number of rotatable bonds is 7. The van der Waals surface area contributed by atoms with Gasteiger partial charge in [-0.05, 0) is 26.8 Å². The number of methoxy groups -OCH3 is 1. The number of aryl methyl sites for hydroxylation is 1. The van der Waals surface area contributed by atoms with Crippen LogP contribution in [0.4, 0.5) is 0 Å². The minimum Gasteiger partial charge on any atom is -0.384 e. The maximum Gasteiger partial charge on any atom is 0.130 e. The fourth-order valence-corrected chi connectivity index (χ4v) is 1.73. The van der Waals surface area contributed by atoms with Gasteiger partial charge in [0.2, 0.25) is 0 Å². The summed E-state index contributed by atoms with van der Waals surface area (Å²) in [6, 6.07) is 0.312. The molecule has 0 saturated heterocycles. The number of nitrogens with zero attached hydrogens (tertiary/aromatic N) is 2. The number of ether oxygens (including phenoxy) is 1. The fourth-order valence-electron chi connectivity index (χ4n) is 1.73. The van der Waals surface area contributed by atoms with Crippen LogP contribution >= 0.6 is 0 Å². The molecule has 0 amide bonds. The van der Waals surface area contributed by atoms with Crippen LogP contribution in [0.3, 0.4) is 0 Å². The van der Waals surface area contributed by atoms with E-state index in [1.165, 1.54) is 5.56 Å². The first kappa shape index (κ1) is 14.1. The molecule has 1 heterocycles. The van der Waals surface area contributed by atoms with Crippen molar-refractivity contribution in [2.45, 2.75) is 39.7 Å². The maximum absolute atomic E-state index is 5.02. The molecule has 1 rings (SSSR count). The molecule has 96 valence electrons. The predicted molar refractivity (Wildman–Crippen MR) is 69.1 cm³/mol. The number of nitrogens with one attached hydrogen (secondary N) is 1. The zero-order valence-corrected chi connectivity index (χ0v) is 11.3. The van der Waals surface area contributed by atoms with Gasteiger partial charge in [0.15, 0.2) is 0 Å². The van der Waals surface area contributed by atoms with Gasteiger partial charge in [-0.2, -0.15) is 0 Å². The van der Waals surface area contributed by atoms with Gasteiger partial charge in [-0.15, -0.1) is 0 Å². The van der Waals surface area contributed by atoms with E-state index in [2.05, 4.69) is 29.1 Å². The molecule has 4 heteroatoms. The fraction of sp³-hybridized carbons (Fsp3) is 0.692. The molecule has 0 spiro atoms. The molecule has 1 aromatic rings. The lowest BCUT2D eigenvalue weighted by molar-refractivity contribution is 0.200. The number of aromatic nitrogens is 2. The van der Waals surface area contributed by atoms with Gasteiger partial charge in [-0.25, -0.2) is 9.97 Å². The van der Waals surface area contributed by atoms with Crippen molar-refractivity contribution in [1.82, 2.24) is 15.3 Å². The Morgan fingerprint density at radius 2 is 2.24 bits per heavy atom. The summed E-state index contributed by atoms with van der Waals surface area (Å²) in [5.41, 5.74) is 2.24. The van der Waals surface area contributed by atoms with Gasteiger partial charge >= 0.3 is 0 Å². The van der Waals surface area contributed by atoms with Gasteiger partial charge in [0.1, 0.15) is 5.82 Å². The summed E-state index contributed by atoms with van der Waals surface area (Å²) < 4.78 is 5.02. The summed E-state index contributed by atoms with van der Waals surface area (Å²) in [7, 11) is 1.69. The molecule has 0 saturated carbocycles. The molecule has 1 N–H and O–H groups in total. The molecule has 0 aliphatic heterocycles. The standard InChI is InChI=1S/C13H23N3O/c1-5-7-14-10(2)12-9-15-13(6-8-17-4)16-11(12)3/h9-10,14H,5-8H2,1-4H3. The van der Waals surface area contributed by atoms with Gasteiger partial charge < -0.3 is 10.1 Å². The van der Waals surface area contributed by atoms with Crippen LogP contribution in [0.2, 0.25) is 0 Å². The Balaban J connectivity index is 2.68. The molecule has 0 aliphatic carbocycles. The summed E-state index contributed by atoms with van der Waals surface area (Å²) in [6.07, 6.45) is 3.84. The summed E-state index contributed by atoms with van der Waals surface area (Å²) in [5, 5.41) is 3.45. The first-order chi connectivity index (χ1) is 8.19. The molecule has 0 radical (unpaired) electrons. The number of hydrogen-bond donors (Lipinski definition) is 1. The highest BCUT2D eigenvalue weighted by Crippen LogP contribution is 2.14. The van der Waals surface area contributed by atoms with Crippen LogP contribution in [0.5, 0.6) is 0 Å². The van der Waals surface area contributed by atoms with E-state index >= 15 is 0 Å². The third-order valence-electron chi connectivity index (χ3n) is 2.76. The minimum atomic E-state index is 0.312. The summed E-state index contributed by atoms with van der Waals surface area (Å²) >= 11 is 0. The van der Waals surface area contributed by atoms with Crippen molar-refractivity contribution in [2.75, 3.05) is 20.3 Å². The van der Waals surface area contributed by atoms with E-state index in [0.29, 0.717) is 12.6 Å². The third kappa shape index (κ3) is 4.40. The minimum absolute atomic E-state index is 0.312. The van der Waals surface area contributed by atoms with Gasteiger partial charge in [0.05, 0.1) is 6.61 Å². The molecular formula is C13H23N3O. The Kier molecular flexibility index (Phi) is 6.08. The van der Waals surface area contributed by atoms with E-state index in [4.69, 9.17) is 4.74 Å². The third-order valence-corrected chi connectivity index (χ3v) is 2.76. The van der Waals surface area contributed by atoms with Crippen molar-refractivity contribution < 1.29 is 4.74 Å². The zero-order valence-electron chi connectivity index (χ0n) is 11.3. The van der Waals surface area contributed by atoms with Crippen molar-refractivity contribution in [3.63, 3.8) is 0 Å². The van der Waals surface area contributed by atoms with Crippen LogP contribution < -0.4 is 5.32 Å². The number of hydrogen-bond acceptors (Lipinski definition) is 4. The predicted octanol–water partition coefficient (Wildman–Crippen LogP) is 2.03. The van der Waals surface area contributed by atoms with Crippen LogP contribution in [-0.2, 0) is 11.2 Å². The second-order valence-electron chi connectivity index (χ2n) is 4.25. The lowest BCUT2D eigenvalue weighted by atomic mass is 10.1. The van der Waals surface area contributed by atoms with Crippen LogP contribution in [0.25, 0.3) is 0 Å². The highest BCUT2D eigenvalue weighted by atomic mass is 16.5. The first-order valence-corrected chi connectivity index (χ1v) is 6.23. The highest BCUT2D eigenvalue weighted by Gasteiger charge is 2.09. The van der Waals surface area contributed by atoms with Crippen LogP contribution in [0, 0.1) is 6.92 Å². The quantitative estimate of drug-likeness (QED) is 0.788. The Hall–Kier alpha value is -1.00. The van der Waals surface area contributed by atoms with Gasteiger partial charge in [0, 0.05) is 37.0 Å². The molecule has 0 bridgehead atoms. The van der Waals surface area contributed by atoms with Crippen molar-refractivity contribution in [1.29, 1.82) is 0 Å². The molecule has 17 heavy (non-hydrogen) atoms. The molecular weight excluding hydrogens is 214 g/mol. The van der Waals surface area contributed by atoms with Gasteiger partial charge in [-0.3, -0.25) is 0 Å². The van der Waals surface area contributed by atoms with Crippen molar-refractivity contribution >= 4 is 0 Å². The van der Waals surface area contributed by atoms with E-state index in [1.807, 2.05) is 13.1 Å². The molecule has 1 atom stereocenters. The average Bonchev–Trinajstić information content (AvgIpc) is 2.33. The second-order valence-corrected chi connectivity index (χ2v) is 4.25. The van der Waals surface area contributed by atoms with Crippen molar-refractivity contribution in [3.05, 3.63) is 23.3 Å². The molecule has 1 unspecified atom stereocenters. The van der Waals surface area contributed by atoms with E-state index in [0.717, 1.165) is 30.9 Å². The topological polar surface area (TPSA) is 47.0 Å². The van der Waals surface area contributed by atoms with E-state index in [9.17, 15) is 0 Å². The Morgan fingerprint density at radius 3 is 2.82 bits per heavy atom. The Bertz CT molecular complexity index is 341. The normalized spacial score (nSPS) is 12.7. The molecule has 0 fully saturated rings. The van der Waals surface area contributed by atoms with E-state index in [-0.39, 0.29) is 0 Å². The average molecular weight is 237 g/mol. The smallest absolute Gasteiger partial charge is 0.130 e. The lowest BCUT2D eigenvalue weighted by Gasteiger charge is -2.15. The monoisotopic (exact) mass is 237 g/mol. The SMILES string of the molecule is CCCNC(C)c1cnc(CCOC)nc1C. The summed E-state index contributed by atoms with van der Waals surface area (Å²) in [5.74, 6) is 0.857. The molecule has 1 aromatic heterocycles.